The number of hydrogen-bond acceptors (Lipinski definition) is 3. The number of nitrogens with zero attached hydrogens (tertiary/aromatic N) is 2. The SMILES string of the molecule is c1ccc(-c2ccc(-c3ccccc3N(c3ccccc3-c3ccccc3N(c3ccc(-c4cccc5ccccc45)cc3)c3ccc4c(ccc5cc(-c6cccc7c6sc6ccccc67)ccc54)c3)c3ccc(-c4ccccc4)c4ccccc34)cc2)cc1. The van der Waals surface area contributed by atoms with Crippen LogP contribution < -0.4 is 9.80 Å². The molecule has 2 nitrogen and oxygen atoms in total. The second-order valence-electron chi connectivity index (χ2n) is 23.5. The molecule has 426 valence electrons. The number of thiophene rings is 1. The van der Waals surface area contributed by atoms with Crippen molar-refractivity contribution in [1.82, 2.24) is 0 Å². The molecule has 0 radical (unpaired) electrons. The predicted octanol–water partition coefficient (Wildman–Crippen LogP) is 25.6. The highest BCUT2D eigenvalue weighted by Gasteiger charge is 2.26. The molecule has 0 fully saturated rings. The number of fused-ring (bicyclic) bond motifs is 8. The van der Waals surface area contributed by atoms with Crippen LogP contribution >= 0.6 is 11.3 Å². The Morgan fingerprint density at radius 3 is 1.38 bits per heavy atom. The van der Waals surface area contributed by atoms with Crippen LogP contribution in [0.25, 0.3) is 130 Å². The van der Waals surface area contributed by atoms with Gasteiger partial charge in [-0.1, -0.05) is 291 Å². The van der Waals surface area contributed by atoms with Crippen molar-refractivity contribution in [2.75, 3.05) is 9.80 Å². The van der Waals surface area contributed by atoms with Crippen molar-refractivity contribution in [3.05, 3.63) is 352 Å². The molecule has 17 aromatic rings. The van der Waals surface area contributed by atoms with Gasteiger partial charge in [-0.25, -0.2) is 0 Å². The monoisotopic (exact) mass is 1170 g/mol. The molecule has 91 heavy (non-hydrogen) atoms. The molecule has 3 heteroatoms. The lowest BCUT2D eigenvalue weighted by molar-refractivity contribution is 1.27. The van der Waals surface area contributed by atoms with Crippen molar-refractivity contribution in [1.29, 1.82) is 0 Å². The molecule has 1 aromatic heterocycles. The highest BCUT2D eigenvalue weighted by molar-refractivity contribution is 7.26. The first-order valence-corrected chi connectivity index (χ1v) is 32.0. The standard InChI is InChI=1S/C88H58N2S/c1-3-21-59(22-4-1)60-41-43-64(44-42-60)75-28-11-15-37-83(75)90(86-56-55-72(61-23-5-2-6-24-61)77-29-9-10-30-78(77)86)85-39-17-13-32-80(85)79-31-12-16-38-84(79)89(68-50-47-63(48-51-68)71-34-19-26-62-25-7-8-27-70(62)71)69-52-54-74-67(58-69)46-45-65-57-66(49-53-73(65)74)76-35-20-36-82-81-33-14-18-40-87(81)91-88(76)82/h1-58H. The Morgan fingerprint density at radius 1 is 0.187 bits per heavy atom. The first-order valence-electron chi connectivity index (χ1n) is 31.2. The van der Waals surface area contributed by atoms with Crippen LogP contribution in [-0.4, -0.2) is 0 Å². The summed E-state index contributed by atoms with van der Waals surface area (Å²) in [6.07, 6.45) is 0. The van der Waals surface area contributed by atoms with Crippen LogP contribution in [0.5, 0.6) is 0 Å². The van der Waals surface area contributed by atoms with E-state index in [0.29, 0.717) is 0 Å². The Morgan fingerprint density at radius 2 is 0.637 bits per heavy atom. The van der Waals surface area contributed by atoms with Gasteiger partial charge >= 0.3 is 0 Å². The molecule has 0 aliphatic heterocycles. The van der Waals surface area contributed by atoms with E-state index in [1.54, 1.807) is 0 Å². The fraction of sp³-hybridized carbons (Fsp3) is 0. The summed E-state index contributed by atoms with van der Waals surface area (Å²) in [5.41, 5.74) is 20.5. The third-order valence-electron chi connectivity index (χ3n) is 18.3. The summed E-state index contributed by atoms with van der Waals surface area (Å²) in [6.45, 7) is 0. The summed E-state index contributed by atoms with van der Waals surface area (Å²) in [7, 11) is 0. The topological polar surface area (TPSA) is 6.48 Å². The second kappa shape index (κ2) is 22.8. The van der Waals surface area contributed by atoms with Gasteiger partial charge in [-0.05, 0) is 148 Å². The first kappa shape index (κ1) is 53.6. The minimum Gasteiger partial charge on any atom is -0.310 e. The van der Waals surface area contributed by atoms with E-state index < -0.39 is 0 Å². The van der Waals surface area contributed by atoms with Crippen LogP contribution in [0.15, 0.2) is 352 Å². The molecule has 16 aromatic carbocycles. The van der Waals surface area contributed by atoms with Gasteiger partial charge in [-0.2, -0.15) is 0 Å². The van der Waals surface area contributed by atoms with E-state index in [2.05, 4.69) is 362 Å². The van der Waals surface area contributed by atoms with Gasteiger partial charge in [0.2, 0.25) is 0 Å². The lowest BCUT2D eigenvalue weighted by Gasteiger charge is -2.33. The molecule has 0 saturated heterocycles. The van der Waals surface area contributed by atoms with Crippen molar-refractivity contribution in [2.24, 2.45) is 0 Å². The molecular formula is C88H58N2S. The summed E-state index contributed by atoms with van der Waals surface area (Å²) < 4.78 is 2.65. The van der Waals surface area contributed by atoms with Gasteiger partial charge in [0.25, 0.3) is 0 Å². The third kappa shape index (κ3) is 9.59. The van der Waals surface area contributed by atoms with Crippen LogP contribution in [0.1, 0.15) is 0 Å². The van der Waals surface area contributed by atoms with Gasteiger partial charge in [0.1, 0.15) is 0 Å². The fourth-order valence-electron chi connectivity index (χ4n) is 13.9. The molecule has 0 aliphatic rings. The number of benzene rings is 16. The molecule has 0 bridgehead atoms. The van der Waals surface area contributed by atoms with Crippen LogP contribution in [-0.2, 0) is 0 Å². The van der Waals surface area contributed by atoms with E-state index in [9.17, 15) is 0 Å². The van der Waals surface area contributed by atoms with Gasteiger partial charge in [-0.15, -0.1) is 11.3 Å². The maximum atomic E-state index is 2.52. The largest absolute Gasteiger partial charge is 0.310 e. The van der Waals surface area contributed by atoms with Crippen LogP contribution in [0.3, 0.4) is 0 Å². The quantitative estimate of drug-likeness (QED) is 0.113. The Kier molecular flexibility index (Phi) is 13.4. The van der Waals surface area contributed by atoms with Gasteiger partial charge in [-0.3, -0.25) is 0 Å². The maximum Gasteiger partial charge on any atom is 0.0541 e. The number of hydrogen-bond donors (Lipinski definition) is 0. The zero-order valence-corrected chi connectivity index (χ0v) is 50.6. The second-order valence-corrected chi connectivity index (χ2v) is 24.5. The van der Waals surface area contributed by atoms with Gasteiger partial charge < -0.3 is 9.80 Å². The van der Waals surface area contributed by atoms with Gasteiger partial charge in [0.15, 0.2) is 0 Å². The number of rotatable bonds is 12. The lowest BCUT2D eigenvalue weighted by atomic mass is 9.93. The van der Waals surface area contributed by atoms with E-state index in [1.165, 1.54) is 102 Å². The molecule has 0 saturated carbocycles. The van der Waals surface area contributed by atoms with Crippen LogP contribution in [0.4, 0.5) is 34.1 Å². The molecule has 0 unspecified atom stereocenters. The highest BCUT2D eigenvalue weighted by Crippen LogP contribution is 2.51. The summed E-state index contributed by atoms with van der Waals surface area (Å²) in [5.74, 6) is 0. The molecular weight excluding hydrogens is 1120 g/mol. The molecule has 0 atom stereocenters. The molecule has 0 amide bonds. The third-order valence-corrected chi connectivity index (χ3v) is 19.5. The van der Waals surface area contributed by atoms with Crippen molar-refractivity contribution in [2.45, 2.75) is 0 Å². The van der Waals surface area contributed by atoms with E-state index in [-0.39, 0.29) is 0 Å². The van der Waals surface area contributed by atoms with E-state index >= 15 is 0 Å². The Balaban J connectivity index is 0.843. The maximum absolute atomic E-state index is 2.52. The van der Waals surface area contributed by atoms with Crippen LogP contribution in [0.2, 0.25) is 0 Å². The van der Waals surface area contributed by atoms with E-state index in [0.717, 1.165) is 61.8 Å². The Labute approximate surface area is 533 Å². The van der Waals surface area contributed by atoms with Crippen molar-refractivity contribution in [3.63, 3.8) is 0 Å². The van der Waals surface area contributed by atoms with Crippen molar-refractivity contribution < 1.29 is 0 Å². The summed E-state index contributed by atoms with van der Waals surface area (Å²) >= 11 is 1.88. The molecule has 1 heterocycles. The molecule has 17 rings (SSSR count). The average Bonchev–Trinajstić information content (AvgIpc) is 1.13. The molecule has 0 aliphatic carbocycles. The Hall–Kier alpha value is -11.6. The minimum atomic E-state index is 1.05. The zero-order valence-electron chi connectivity index (χ0n) is 49.8. The first-order chi connectivity index (χ1) is 45.1. The fourth-order valence-corrected chi connectivity index (χ4v) is 15.2. The minimum absolute atomic E-state index is 1.05. The van der Waals surface area contributed by atoms with E-state index in [4.69, 9.17) is 0 Å². The highest BCUT2D eigenvalue weighted by atomic mass is 32.1. The average molecular weight is 1180 g/mol. The van der Waals surface area contributed by atoms with Crippen molar-refractivity contribution >= 4 is 109 Å². The normalized spacial score (nSPS) is 11.5. The Bertz CT molecular complexity index is 5590. The smallest absolute Gasteiger partial charge is 0.0541 e. The molecule has 0 N–H and O–H groups in total. The van der Waals surface area contributed by atoms with E-state index in [1.807, 2.05) is 11.3 Å². The van der Waals surface area contributed by atoms with Crippen LogP contribution in [0, 0.1) is 0 Å². The van der Waals surface area contributed by atoms with Crippen molar-refractivity contribution in [3.8, 4) is 66.8 Å². The number of anilines is 6. The summed E-state index contributed by atoms with van der Waals surface area (Å²) in [6, 6.07) is 130. The lowest BCUT2D eigenvalue weighted by Crippen LogP contribution is -2.14. The predicted molar refractivity (Wildman–Crippen MR) is 391 cm³/mol. The van der Waals surface area contributed by atoms with Gasteiger partial charge in [0.05, 0.1) is 22.7 Å². The summed E-state index contributed by atoms with van der Waals surface area (Å²) in [5, 5.41) is 12.3. The van der Waals surface area contributed by atoms with Gasteiger partial charge in [0, 0.05) is 53.6 Å². The number of para-hydroxylation sites is 3. The molecule has 0 spiro atoms. The summed E-state index contributed by atoms with van der Waals surface area (Å²) in [4.78, 5) is 4.98. The zero-order chi connectivity index (χ0) is 60.2.